The normalized spacial score (nSPS) is 12.4. The first kappa shape index (κ1) is 18.1. The van der Waals surface area contributed by atoms with Crippen LogP contribution in [-0.4, -0.2) is 21.8 Å². The van der Waals surface area contributed by atoms with Gasteiger partial charge in [0.2, 0.25) is 0 Å². The SMILES string of the molecule is C=CC(C)(O)CCC=C(C)C.O=C(O)c1ccccc1. The van der Waals surface area contributed by atoms with Crippen LogP contribution in [-0.2, 0) is 0 Å². The minimum absolute atomic E-state index is 0.331. The molecule has 0 aliphatic carbocycles. The maximum absolute atomic E-state index is 10.2. The van der Waals surface area contributed by atoms with Gasteiger partial charge in [-0.1, -0.05) is 35.9 Å². The first-order valence-electron chi connectivity index (χ1n) is 6.56. The monoisotopic (exact) mass is 276 g/mol. The van der Waals surface area contributed by atoms with Gasteiger partial charge in [-0.2, -0.15) is 0 Å². The largest absolute Gasteiger partial charge is 0.478 e. The van der Waals surface area contributed by atoms with Crippen LogP contribution in [0.1, 0.15) is 44.0 Å². The maximum Gasteiger partial charge on any atom is 0.335 e. The van der Waals surface area contributed by atoms with E-state index in [0.717, 1.165) is 12.8 Å². The molecule has 3 heteroatoms. The first-order chi connectivity index (χ1) is 9.28. The Morgan fingerprint density at radius 2 is 1.85 bits per heavy atom. The lowest BCUT2D eigenvalue weighted by Crippen LogP contribution is -2.19. The molecule has 1 rings (SSSR count). The van der Waals surface area contributed by atoms with Crippen LogP contribution in [0.4, 0.5) is 0 Å². The smallest absolute Gasteiger partial charge is 0.335 e. The van der Waals surface area contributed by atoms with Crippen molar-refractivity contribution in [2.24, 2.45) is 0 Å². The molecule has 20 heavy (non-hydrogen) atoms. The number of carboxylic acids is 1. The number of hydrogen-bond acceptors (Lipinski definition) is 2. The van der Waals surface area contributed by atoms with Gasteiger partial charge in [-0.25, -0.2) is 4.79 Å². The van der Waals surface area contributed by atoms with Gasteiger partial charge in [0.05, 0.1) is 11.2 Å². The highest BCUT2D eigenvalue weighted by atomic mass is 16.4. The molecule has 1 unspecified atom stereocenters. The van der Waals surface area contributed by atoms with Gasteiger partial charge in [0.1, 0.15) is 0 Å². The molecule has 1 aromatic carbocycles. The van der Waals surface area contributed by atoms with Crippen LogP contribution in [0.5, 0.6) is 0 Å². The lowest BCUT2D eigenvalue weighted by molar-refractivity contribution is 0.0696. The van der Waals surface area contributed by atoms with E-state index in [0.29, 0.717) is 5.56 Å². The van der Waals surface area contributed by atoms with E-state index in [4.69, 9.17) is 5.11 Å². The molecule has 2 N–H and O–H groups in total. The summed E-state index contributed by atoms with van der Waals surface area (Å²) in [4.78, 5) is 10.2. The second kappa shape index (κ2) is 9.10. The Kier molecular flexibility index (Phi) is 8.25. The fraction of sp³-hybridized carbons (Fsp3) is 0.353. The highest BCUT2D eigenvalue weighted by Crippen LogP contribution is 2.13. The van der Waals surface area contributed by atoms with Crippen molar-refractivity contribution in [2.75, 3.05) is 0 Å². The van der Waals surface area contributed by atoms with E-state index < -0.39 is 11.6 Å². The molecule has 0 aliphatic heterocycles. The van der Waals surface area contributed by atoms with E-state index in [1.807, 2.05) is 0 Å². The summed E-state index contributed by atoms with van der Waals surface area (Å²) in [7, 11) is 0. The van der Waals surface area contributed by atoms with Crippen LogP contribution in [0, 0.1) is 0 Å². The van der Waals surface area contributed by atoms with Crippen molar-refractivity contribution < 1.29 is 15.0 Å². The van der Waals surface area contributed by atoms with Crippen molar-refractivity contribution >= 4 is 5.97 Å². The third-order valence-electron chi connectivity index (χ3n) is 2.66. The zero-order valence-electron chi connectivity index (χ0n) is 12.5. The molecule has 110 valence electrons. The summed E-state index contributed by atoms with van der Waals surface area (Å²) in [5, 5.41) is 17.9. The molecule has 1 atom stereocenters. The summed E-state index contributed by atoms with van der Waals surface area (Å²) >= 11 is 0. The van der Waals surface area contributed by atoms with Gasteiger partial charge < -0.3 is 10.2 Å². The van der Waals surface area contributed by atoms with E-state index >= 15 is 0 Å². The van der Waals surface area contributed by atoms with Crippen molar-refractivity contribution in [3.05, 3.63) is 60.2 Å². The van der Waals surface area contributed by atoms with Crippen LogP contribution < -0.4 is 0 Å². The zero-order valence-corrected chi connectivity index (χ0v) is 12.5. The van der Waals surface area contributed by atoms with Crippen LogP contribution >= 0.6 is 0 Å². The number of carbonyl (C=O) groups is 1. The average molecular weight is 276 g/mol. The minimum atomic E-state index is -0.879. The Labute approximate surface area is 121 Å². The Morgan fingerprint density at radius 1 is 1.30 bits per heavy atom. The van der Waals surface area contributed by atoms with Crippen molar-refractivity contribution in [3.8, 4) is 0 Å². The van der Waals surface area contributed by atoms with Crippen LogP contribution in [0.15, 0.2) is 54.6 Å². The standard InChI is InChI=1S/C10H18O.C7H6O2/c1-5-10(4,11)8-6-7-9(2)3;8-7(9)6-4-2-1-3-5-6/h5,7,11H,1,6,8H2,2-4H3;1-5H,(H,8,9). The molecule has 1 aromatic rings. The Morgan fingerprint density at radius 3 is 2.20 bits per heavy atom. The Bertz CT molecular complexity index is 441. The average Bonchev–Trinajstić information content (AvgIpc) is 2.40. The summed E-state index contributed by atoms with van der Waals surface area (Å²) < 4.78 is 0. The molecule has 0 aromatic heterocycles. The number of aliphatic hydroxyl groups is 1. The lowest BCUT2D eigenvalue weighted by Gasteiger charge is -2.16. The van der Waals surface area contributed by atoms with Gasteiger partial charge >= 0.3 is 5.97 Å². The van der Waals surface area contributed by atoms with Crippen LogP contribution in [0.2, 0.25) is 0 Å². The summed E-state index contributed by atoms with van der Waals surface area (Å²) in [5.74, 6) is -0.879. The van der Waals surface area contributed by atoms with Gasteiger partial charge in [-0.05, 0) is 45.7 Å². The lowest BCUT2D eigenvalue weighted by atomic mass is 10.00. The molecule has 3 nitrogen and oxygen atoms in total. The van der Waals surface area contributed by atoms with Crippen LogP contribution in [0.3, 0.4) is 0 Å². The third kappa shape index (κ3) is 9.11. The second-order valence-electron chi connectivity index (χ2n) is 5.05. The molecule has 0 saturated heterocycles. The third-order valence-corrected chi connectivity index (χ3v) is 2.66. The highest BCUT2D eigenvalue weighted by Gasteiger charge is 2.12. The summed E-state index contributed by atoms with van der Waals surface area (Å²) in [6.07, 6.45) is 5.38. The zero-order chi connectivity index (χ0) is 15.6. The molecule has 0 bridgehead atoms. The molecule has 0 aliphatic rings. The molecule has 0 heterocycles. The molecule has 0 spiro atoms. The quantitative estimate of drug-likeness (QED) is 0.797. The highest BCUT2D eigenvalue weighted by molar-refractivity contribution is 5.87. The van der Waals surface area contributed by atoms with E-state index in [9.17, 15) is 9.90 Å². The Balaban J connectivity index is 0.000000367. The number of rotatable bonds is 5. The van der Waals surface area contributed by atoms with Gasteiger partial charge in [0.15, 0.2) is 0 Å². The Hall–Kier alpha value is -1.87. The van der Waals surface area contributed by atoms with Crippen molar-refractivity contribution in [3.63, 3.8) is 0 Å². The minimum Gasteiger partial charge on any atom is -0.478 e. The number of hydrogen-bond donors (Lipinski definition) is 2. The van der Waals surface area contributed by atoms with E-state index in [2.05, 4.69) is 26.5 Å². The fourth-order valence-corrected chi connectivity index (χ4v) is 1.34. The maximum atomic E-state index is 10.2. The molecule has 0 radical (unpaired) electrons. The van der Waals surface area contributed by atoms with Crippen LogP contribution in [0.25, 0.3) is 0 Å². The molecular formula is C17H24O3. The first-order valence-corrected chi connectivity index (χ1v) is 6.56. The molecule has 0 fully saturated rings. The van der Waals surface area contributed by atoms with E-state index in [1.54, 1.807) is 43.3 Å². The number of carboxylic acid groups (broad SMARTS) is 1. The second-order valence-corrected chi connectivity index (χ2v) is 5.05. The van der Waals surface area contributed by atoms with Crippen molar-refractivity contribution in [1.29, 1.82) is 0 Å². The summed E-state index contributed by atoms with van der Waals surface area (Å²) in [5.41, 5.74) is 0.925. The molecule has 0 amide bonds. The predicted molar refractivity (Wildman–Crippen MR) is 82.9 cm³/mol. The molecule has 0 saturated carbocycles. The summed E-state index contributed by atoms with van der Waals surface area (Å²) in [6, 6.07) is 8.30. The number of benzene rings is 1. The van der Waals surface area contributed by atoms with Crippen molar-refractivity contribution in [1.82, 2.24) is 0 Å². The number of allylic oxidation sites excluding steroid dienone is 2. The van der Waals surface area contributed by atoms with E-state index in [1.165, 1.54) is 5.57 Å². The van der Waals surface area contributed by atoms with Crippen molar-refractivity contribution in [2.45, 2.75) is 39.2 Å². The predicted octanol–water partition coefficient (Wildman–Crippen LogP) is 4.05. The van der Waals surface area contributed by atoms with Gasteiger partial charge in [-0.15, -0.1) is 6.58 Å². The molecular weight excluding hydrogens is 252 g/mol. The van der Waals surface area contributed by atoms with E-state index in [-0.39, 0.29) is 0 Å². The summed E-state index contributed by atoms with van der Waals surface area (Å²) in [6.45, 7) is 9.45. The van der Waals surface area contributed by atoms with Gasteiger partial charge in [0.25, 0.3) is 0 Å². The topological polar surface area (TPSA) is 57.5 Å². The number of aromatic carboxylic acids is 1. The van der Waals surface area contributed by atoms with Gasteiger partial charge in [-0.3, -0.25) is 0 Å². The van der Waals surface area contributed by atoms with Gasteiger partial charge in [0, 0.05) is 0 Å². The fourth-order valence-electron chi connectivity index (χ4n) is 1.34.